The number of rotatable bonds is 4. The van der Waals surface area contributed by atoms with Crippen LogP contribution in [0.4, 0.5) is 4.39 Å². The Morgan fingerprint density at radius 3 is 2.50 bits per heavy atom. The van der Waals surface area contributed by atoms with Gasteiger partial charge in [0.15, 0.2) is 0 Å². The highest BCUT2D eigenvalue weighted by Crippen LogP contribution is 2.23. The summed E-state index contributed by atoms with van der Waals surface area (Å²) in [6.45, 7) is 0. The van der Waals surface area contributed by atoms with Crippen LogP contribution in [0.25, 0.3) is 11.1 Å². The van der Waals surface area contributed by atoms with E-state index in [2.05, 4.69) is 5.16 Å². The largest absolute Gasteiger partial charge is 0.365 e. The fourth-order valence-electron chi connectivity index (χ4n) is 2.20. The SMILES string of the molecule is Fc1cc(CCc2ccon2)ccc1-c1ccccc1. The minimum absolute atomic E-state index is 0.186. The van der Waals surface area contributed by atoms with Crippen molar-refractivity contribution < 1.29 is 8.91 Å². The predicted molar refractivity (Wildman–Crippen MR) is 75.7 cm³/mol. The van der Waals surface area contributed by atoms with E-state index in [1.165, 1.54) is 0 Å². The molecule has 0 fully saturated rings. The molecule has 0 unspecified atom stereocenters. The van der Waals surface area contributed by atoms with Crippen molar-refractivity contribution in [3.8, 4) is 11.1 Å². The van der Waals surface area contributed by atoms with Gasteiger partial charge < -0.3 is 4.52 Å². The van der Waals surface area contributed by atoms with Crippen LogP contribution in [0.15, 0.2) is 65.4 Å². The quantitative estimate of drug-likeness (QED) is 0.705. The summed E-state index contributed by atoms with van der Waals surface area (Å²) in [5.41, 5.74) is 3.38. The first kappa shape index (κ1) is 12.6. The molecule has 0 saturated heterocycles. The molecule has 0 N–H and O–H groups in total. The van der Waals surface area contributed by atoms with Gasteiger partial charge in [0.05, 0.1) is 5.69 Å². The van der Waals surface area contributed by atoms with E-state index in [-0.39, 0.29) is 5.82 Å². The van der Waals surface area contributed by atoms with Crippen molar-refractivity contribution in [2.24, 2.45) is 0 Å². The van der Waals surface area contributed by atoms with Crippen LogP contribution < -0.4 is 0 Å². The predicted octanol–water partition coefficient (Wildman–Crippen LogP) is 4.27. The molecule has 20 heavy (non-hydrogen) atoms. The van der Waals surface area contributed by atoms with Crippen LogP contribution >= 0.6 is 0 Å². The summed E-state index contributed by atoms with van der Waals surface area (Å²) >= 11 is 0. The fourth-order valence-corrected chi connectivity index (χ4v) is 2.20. The van der Waals surface area contributed by atoms with Crippen LogP contribution in [0.3, 0.4) is 0 Å². The molecule has 1 heterocycles. The van der Waals surface area contributed by atoms with Crippen LogP contribution in [-0.2, 0) is 12.8 Å². The molecule has 0 aliphatic heterocycles. The van der Waals surface area contributed by atoms with Gasteiger partial charge in [-0.3, -0.25) is 0 Å². The van der Waals surface area contributed by atoms with Crippen molar-refractivity contribution >= 4 is 0 Å². The van der Waals surface area contributed by atoms with Crippen molar-refractivity contribution in [2.45, 2.75) is 12.8 Å². The second-order valence-corrected chi connectivity index (χ2v) is 4.67. The average Bonchev–Trinajstić information content (AvgIpc) is 2.99. The highest BCUT2D eigenvalue weighted by molar-refractivity contribution is 5.64. The Bertz CT molecular complexity index is 677. The molecule has 0 atom stereocenters. The lowest BCUT2D eigenvalue weighted by atomic mass is 10.0. The lowest BCUT2D eigenvalue weighted by Gasteiger charge is -2.06. The fraction of sp³-hybridized carbons (Fsp3) is 0.118. The Morgan fingerprint density at radius 2 is 1.80 bits per heavy atom. The molecule has 2 aromatic carbocycles. The van der Waals surface area contributed by atoms with Crippen molar-refractivity contribution in [2.75, 3.05) is 0 Å². The molecule has 2 nitrogen and oxygen atoms in total. The van der Waals surface area contributed by atoms with Crippen LogP contribution in [0, 0.1) is 5.82 Å². The number of hydrogen-bond donors (Lipinski definition) is 0. The molecular weight excluding hydrogens is 253 g/mol. The normalized spacial score (nSPS) is 10.7. The first-order chi connectivity index (χ1) is 9.83. The zero-order valence-corrected chi connectivity index (χ0v) is 10.9. The first-order valence-corrected chi connectivity index (χ1v) is 6.56. The van der Waals surface area contributed by atoms with Crippen molar-refractivity contribution in [3.63, 3.8) is 0 Å². The summed E-state index contributed by atoms with van der Waals surface area (Å²) in [7, 11) is 0. The summed E-state index contributed by atoms with van der Waals surface area (Å²) < 4.78 is 18.9. The summed E-state index contributed by atoms with van der Waals surface area (Å²) in [6, 6.07) is 16.8. The van der Waals surface area contributed by atoms with Gasteiger partial charge in [-0.1, -0.05) is 47.6 Å². The van der Waals surface area contributed by atoms with E-state index < -0.39 is 0 Å². The molecule has 1 aromatic heterocycles. The van der Waals surface area contributed by atoms with E-state index in [1.54, 1.807) is 12.3 Å². The molecule has 0 bridgehead atoms. The number of aromatic nitrogens is 1. The maximum absolute atomic E-state index is 14.2. The maximum atomic E-state index is 14.2. The van der Waals surface area contributed by atoms with Crippen molar-refractivity contribution in [1.29, 1.82) is 0 Å². The summed E-state index contributed by atoms with van der Waals surface area (Å²) in [5.74, 6) is -0.186. The van der Waals surface area contributed by atoms with E-state index in [0.29, 0.717) is 5.56 Å². The Labute approximate surface area is 116 Å². The molecule has 3 heteroatoms. The topological polar surface area (TPSA) is 26.0 Å². The summed E-state index contributed by atoms with van der Waals surface area (Å²) in [6.07, 6.45) is 3.05. The Balaban J connectivity index is 1.77. The third-order valence-corrected chi connectivity index (χ3v) is 3.28. The van der Waals surface area contributed by atoms with E-state index in [4.69, 9.17) is 4.52 Å². The minimum atomic E-state index is -0.186. The second-order valence-electron chi connectivity index (χ2n) is 4.67. The van der Waals surface area contributed by atoms with Gasteiger partial charge in [0.1, 0.15) is 12.1 Å². The molecule has 0 saturated carbocycles. The molecule has 0 aliphatic carbocycles. The number of hydrogen-bond acceptors (Lipinski definition) is 2. The van der Waals surface area contributed by atoms with Gasteiger partial charge in [0.2, 0.25) is 0 Å². The lowest BCUT2D eigenvalue weighted by Crippen LogP contribution is -1.93. The highest BCUT2D eigenvalue weighted by Gasteiger charge is 2.06. The molecule has 0 amide bonds. The molecule has 3 aromatic rings. The smallest absolute Gasteiger partial charge is 0.131 e. The van der Waals surface area contributed by atoms with Crippen LogP contribution in [0.2, 0.25) is 0 Å². The molecule has 0 aliphatic rings. The van der Waals surface area contributed by atoms with E-state index in [0.717, 1.165) is 29.7 Å². The number of aryl methyl sites for hydroxylation is 2. The van der Waals surface area contributed by atoms with Gasteiger partial charge in [0, 0.05) is 11.6 Å². The minimum Gasteiger partial charge on any atom is -0.365 e. The van der Waals surface area contributed by atoms with Gasteiger partial charge in [0.25, 0.3) is 0 Å². The van der Waals surface area contributed by atoms with Crippen LogP contribution in [0.5, 0.6) is 0 Å². The number of nitrogens with zero attached hydrogens (tertiary/aromatic N) is 1. The summed E-state index contributed by atoms with van der Waals surface area (Å²) in [5, 5.41) is 3.85. The lowest BCUT2D eigenvalue weighted by molar-refractivity contribution is 0.411. The Morgan fingerprint density at radius 1 is 0.950 bits per heavy atom. The summed E-state index contributed by atoms with van der Waals surface area (Å²) in [4.78, 5) is 0. The van der Waals surface area contributed by atoms with Crippen LogP contribution in [-0.4, -0.2) is 5.16 Å². The molecule has 100 valence electrons. The van der Waals surface area contributed by atoms with Gasteiger partial charge in [-0.25, -0.2) is 4.39 Å². The monoisotopic (exact) mass is 267 g/mol. The zero-order chi connectivity index (χ0) is 13.8. The molecule has 3 rings (SSSR count). The first-order valence-electron chi connectivity index (χ1n) is 6.56. The second kappa shape index (κ2) is 5.70. The Kier molecular flexibility index (Phi) is 3.59. The third kappa shape index (κ3) is 2.77. The van der Waals surface area contributed by atoms with Crippen molar-refractivity contribution in [1.82, 2.24) is 5.16 Å². The molecule has 0 radical (unpaired) electrons. The molecular formula is C17H14FNO. The van der Waals surface area contributed by atoms with Gasteiger partial charge in [-0.2, -0.15) is 0 Å². The number of benzene rings is 2. The van der Waals surface area contributed by atoms with Crippen LogP contribution in [0.1, 0.15) is 11.3 Å². The maximum Gasteiger partial charge on any atom is 0.131 e. The van der Waals surface area contributed by atoms with Gasteiger partial charge >= 0.3 is 0 Å². The van der Waals surface area contributed by atoms with Gasteiger partial charge in [-0.15, -0.1) is 0 Å². The zero-order valence-electron chi connectivity index (χ0n) is 10.9. The highest BCUT2D eigenvalue weighted by atomic mass is 19.1. The standard InChI is InChI=1S/C17H14FNO/c18-17-12-13(6-8-15-10-11-20-19-15)7-9-16(17)14-4-2-1-3-5-14/h1-5,7,9-12H,6,8H2. The Hall–Kier alpha value is -2.42. The van der Waals surface area contributed by atoms with E-state index in [9.17, 15) is 4.39 Å². The third-order valence-electron chi connectivity index (χ3n) is 3.28. The van der Waals surface area contributed by atoms with Gasteiger partial charge in [-0.05, 0) is 30.0 Å². The molecule has 0 spiro atoms. The van der Waals surface area contributed by atoms with Crippen molar-refractivity contribution in [3.05, 3.63) is 77.9 Å². The van der Waals surface area contributed by atoms with E-state index >= 15 is 0 Å². The van der Waals surface area contributed by atoms with E-state index in [1.807, 2.05) is 48.5 Å². The average molecular weight is 267 g/mol. The number of halogens is 1.